The van der Waals surface area contributed by atoms with Gasteiger partial charge in [0.25, 0.3) is 5.91 Å². The van der Waals surface area contributed by atoms with Crippen LogP contribution in [-0.4, -0.2) is 50.4 Å². The molecule has 5 heteroatoms. The van der Waals surface area contributed by atoms with E-state index in [0.717, 1.165) is 11.3 Å². The maximum atomic E-state index is 12.7. The maximum absolute atomic E-state index is 12.7. The van der Waals surface area contributed by atoms with Crippen molar-refractivity contribution < 1.29 is 15.0 Å². The minimum atomic E-state index is -1.12. The van der Waals surface area contributed by atoms with E-state index in [0.29, 0.717) is 18.7 Å². The number of rotatable bonds is 2. The molecule has 2 aromatic rings. The molecule has 0 unspecified atom stereocenters. The van der Waals surface area contributed by atoms with Crippen LogP contribution in [0.25, 0.3) is 11.3 Å². The molecule has 1 aromatic carbocycles. The summed E-state index contributed by atoms with van der Waals surface area (Å²) in [6.07, 6.45) is -0.551. The van der Waals surface area contributed by atoms with E-state index in [1.165, 1.54) is 0 Å². The largest absolute Gasteiger partial charge is 0.388 e. The van der Waals surface area contributed by atoms with E-state index in [1.54, 1.807) is 11.8 Å². The molecular weight excluding hydrogens is 292 g/mol. The summed E-state index contributed by atoms with van der Waals surface area (Å²) in [5.74, 6) is -0.121. The Morgan fingerprint density at radius 2 is 1.91 bits per heavy atom. The van der Waals surface area contributed by atoms with Crippen molar-refractivity contribution in [2.45, 2.75) is 25.0 Å². The molecule has 0 aliphatic carbocycles. The molecule has 1 aliphatic rings. The fourth-order valence-corrected chi connectivity index (χ4v) is 3.00. The Morgan fingerprint density at radius 3 is 2.57 bits per heavy atom. The highest BCUT2D eigenvalue weighted by Gasteiger charge is 2.38. The molecule has 0 saturated carbocycles. The molecule has 5 nitrogen and oxygen atoms in total. The summed E-state index contributed by atoms with van der Waals surface area (Å²) in [5, 5.41) is 20.0. The van der Waals surface area contributed by atoms with Crippen LogP contribution >= 0.6 is 0 Å². The average Bonchev–Trinajstić information content (AvgIpc) is 2.92. The molecule has 2 atom stereocenters. The lowest BCUT2D eigenvalue weighted by Gasteiger charge is -2.39. The van der Waals surface area contributed by atoms with E-state index in [-0.39, 0.29) is 12.5 Å². The molecule has 1 amide bonds. The second kappa shape index (κ2) is 5.83. The Bertz CT molecular complexity index is 706. The third-order valence-electron chi connectivity index (χ3n) is 4.70. The Balaban J connectivity index is 1.83. The monoisotopic (exact) mass is 314 g/mol. The fourth-order valence-electron chi connectivity index (χ4n) is 3.00. The number of β-amino-alcohol motifs (C(OH)–C–C–N with tert-alkyl or cyclic N) is 1. The number of hydrogen-bond donors (Lipinski definition) is 2. The molecule has 1 saturated heterocycles. The van der Waals surface area contributed by atoms with Crippen LogP contribution in [0.3, 0.4) is 0 Å². The summed E-state index contributed by atoms with van der Waals surface area (Å²) in [5.41, 5.74) is 1.48. The molecule has 2 N–H and O–H groups in total. The van der Waals surface area contributed by atoms with Gasteiger partial charge in [-0.15, -0.1) is 0 Å². The van der Waals surface area contributed by atoms with Crippen LogP contribution in [0, 0.1) is 0 Å². The topological polar surface area (TPSA) is 65.7 Å². The molecule has 2 heterocycles. The van der Waals surface area contributed by atoms with Crippen molar-refractivity contribution in [1.29, 1.82) is 0 Å². The minimum absolute atomic E-state index is 0.121. The molecule has 0 bridgehead atoms. The van der Waals surface area contributed by atoms with Gasteiger partial charge in [-0.1, -0.05) is 30.3 Å². The highest BCUT2D eigenvalue weighted by Crippen LogP contribution is 2.25. The van der Waals surface area contributed by atoms with E-state index in [4.69, 9.17) is 0 Å². The van der Waals surface area contributed by atoms with Gasteiger partial charge in [0.15, 0.2) is 0 Å². The second-order valence-corrected chi connectivity index (χ2v) is 6.40. The highest BCUT2D eigenvalue weighted by atomic mass is 16.3. The van der Waals surface area contributed by atoms with Crippen LogP contribution in [0.15, 0.2) is 42.5 Å². The number of benzene rings is 1. The third-order valence-corrected chi connectivity index (χ3v) is 4.70. The zero-order valence-electron chi connectivity index (χ0n) is 13.4. The standard InChI is InChI=1S/C18H22N2O3/c1-18(23)10-11-20(12-16(18)21)17(22)15-9-8-14(19(15)2)13-6-4-3-5-7-13/h3-9,16,21,23H,10-12H2,1-2H3/t16-,18-/m0/s1. The smallest absolute Gasteiger partial charge is 0.270 e. The lowest BCUT2D eigenvalue weighted by Crippen LogP contribution is -2.55. The lowest BCUT2D eigenvalue weighted by atomic mass is 9.90. The maximum Gasteiger partial charge on any atom is 0.270 e. The predicted octanol–water partition coefficient (Wildman–Crippen LogP) is 1.65. The fraction of sp³-hybridized carbons (Fsp3) is 0.389. The van der Waals surface area contributed by atoms with Gasteiger partial charge in [-0.2, -0.15) is 0 Å². The van der Waals surface area contributed by atoms with Crippen LogP contribution in [0.2, 0.25) is 0 Å². The van der Waals surface area contributed by atoms with Crippen LogP contribution < -0.4 is 0 Å². The van der Waals surface area contributed by atoms with Gasteiger partial charge in [0.1, 0.15) is 5.69 Å². The van der Waals surface area contributed by atoms with Crippen LogP contribution in [0.1, 0.15) is 23.8 Å². The first-order chi connectivity index (χ1) is 10.9. The van der Waals surface area contributed by atoms with Gasteiger partial charge in [0, 0.05) is 25.8 Å². The summed E-state index contributed by atoms with van der Waals surface area (Å²) < 4.78 is 1.87. The average molecular weight is 314 g/mol. The van der Waals surface area contributed by atoms with E-state index < -0.39 is 11.7 Å². The number of likely N-dealkylation sites (tertiary alicyclic amines) is 1. The van der Waals surface area contributed by atoms with Crippen molar-refractivity contribution in [2.24, 2.45) is 7.05 Å². The Morgan fingerprint density at radius 1 is 1.22 bits per heavy atom. The van der Waals surface area contributed by atoms with Crippen molar-refractivity contribution in [2.75, 3.05) is 13.1 Å². The highest BCUT2D eigenvalue weighted by molar-refractivity contribution is 5.94. The Hall–Kier alpha value is -2.11. The molecule has 0 spiro atoms. The van der Waals surface area contributed by atoms with Gasteiger partial charge >= 0.3 is 0 Å². The predicted molar refractivity (Wildman–Crippen MR) is 88.0 cm³/mol. The molecular formula is C18H22N2O3. The number of hydrogen-bond acceptors (Lipinski definition) is 3. The van der Waals surface area contributed by atoms with Gasteiger partial charge < -0.3 is 19.7 Å². The number of aromatic nitrogens is 1. The number of piperidine rings is 1. The molecule has 1 aliphatic heterocycles. The van der Waals surface area contributed by atoms with Crippen molar-refractivity contribution in [3.8, 4) is 11.3 Å². The van der Waals surface area contributed by atoms with E-state index in [2.05, 4.69) is 0 Å². The molecule has 0 radical (unpaired) electrons. The summed E-state index contributed by atoms with van der Waals surface area (Å²) in [6, 6.07) is 13.6. The summed E-state index contributed by atoms with van der Waals surface area (Å²) >= 11 is 0. The van der Waals surface area contributed by atoms with Gasteiger partial charge in [0.2, 0.25) is 0 Å². The number of amides is 1. The first-order valence-corrected chi connectivity index (χ1v) is 7.81. The third kappa shape index (κ3) is 2.90. The zero-order chi connectivity index (χ0) is 16.6. The van der Waals surface area contributed by atoms with Gasteiger partial charge in [0.05, 0.1) is 11.7 Å². The van der Waals surface area contributed by atoms with E-state index in [9.17, 15) is 15.0 Å². The molecule has 1 aromatic heterocycles. The first kappa shape index (κ1) is 15.8. The number of carbonyl (C=O) groups excluding carboxylic acids is 1. The zero-order valence-corrected chi connectivity index (χ0v) is 13.4. The minimum Gasteiger partial charge on any atom is -0.388 e. The van der Waals surface area contributed by atoms with Crippen LogP contribution in [-0.2, 0) is 7.05 Å². The van der Waals surface area contributed by atoms with Gasteiger partial charge in [-0.05, 0) is 31.0 Å². The van der Waals surface area contributed by atoms with Crippen molar-refractivity contribution in [3.05, 3.63) is 48.2 Å². The van der Waals surface area contributed by atoms with Crippen LogP contribution in [0.5, 0.6) is 0 Å². The summed E-state index contributed by atoms with van der Waals surface area (Å²) in [7, 11) is 1.87. The number of aliphatic hydroxyl groups is 2. The van der Waals surface area contributed by atoms with E-state index in [1.807, 2.05) is 54.1 Å². The van der Waals surface area contributed by atoms with Crippen molar-refractivity contribution >= 4 is 5.91 Å². The number of aliphatic hydroxyl groups excluding tert-OH is 1. The lowest BCUT2D eigenvalue weighted by molar-refractivity contribution is -0.1000. The quantitative estimate of drug-likeness (QED) is 0.886. The van der Waals surface area contributed by atoms with Gasteiger partial charge in [-0.25, -0.2) is 0 Å². The Labute approximate surface area is 135 Å². The van der Waals surface area contributed by atoms with Crippen molar-refractivity contribution in [1.82, 2.24) is 9.47 Å². The second-order valence-electron chi connectivity index (χ2n) is 6.40. The molecule has 1 fully saturated rings. The number of carbonyl (C=O) groups is 1. The normalized spacial score (nSPS) is 24.7. The van der Waals surface area contributed by atoms with Crippen molar-refractivity contribution in [3.63, 3.8) is 0 Å². The molecule has 122 valence electrons. The van der Waals surface area contributed by atoms with E-state index >= 15 is 0 Å². The SMILES string of the molecule is Cn1c(C(=O)N2CC[C@](C)(O)[C@@H](O)C2)ccc1-c1ccccc1. The first-order valence-electron chi connectivity index (χ1n) is 7.81. The summed E-state index contributed by atoms with van der Waals surface area (Å²) in [6.45, 7) is 2.20. The number of nitrogens with zero attached hydrogens (tertiary/aromatic N) is 2. The Kier molecular flexibility index (Phi) is 4.00. The summed E-state index contributed by atoms with van der Waals surface area (Å²) in [4.78, 5) is 14.3. The molecule has 3 rings (SSSR count). The van der Waals surface area contributed by atoms with Gasteiger partial charge in [-0.3, -0.25) is 4.79 Å². The molecule has 23 heavy (non-hydrogen) atoms. The van der Waals surface area contributed by atoms with Crippen LogP contribution in [0.4, 0.5) is 0 Å².